The van der Waals surface area contributed by atoms with Crippen LogP contribution in [0.15, 0.2) is 18.2 Å². The fourth-order valence-electron chi connectivity index (χ4n) is 2.01. The van der Waals surface area contributed by atoms with Crippen LogP contribution < -0.4 is 10.5 Å². The molecule has 1 aromatic rings. The van der Waals surface area contributed by atoms with Crippen molar-refractivity contribution in [1.82, 2.24) is 0 Å². The maximum atomic E-state index is 12.9. The van der Waals surface area contributed by atoms with E-state index in [4.69, 9.17) is 20.6 Å². The number of halogens is 3. The zero-order valence-corrected chi connectivity index (χ0v) is 10.7. The largest absolute Gasteiger partial charge is 0.493 e. The molecule has 1 saturated heterocycles. The van der Waals surface area contributed by atoms with Crippen molar-refractivity contribution in [3.8, 4) is 5.75 Å². The van der Waals surface area contributed by atoms with Crippen molar-refractivity contribution in [2.75, 3.05) is 19.8 Å². The maximum Gasteiger partial charge on any atom is 0.417 e. The van der Waals surface area contributed by atoms with Gasteiger partial charge < -0.3 is 15.2 Å². The Bertz CT molecular complexity index is 497. The highest BCUT2D eigenvalue weighted by atomic mass is 19.4. The molecule has 1 fully saturated rings. The standard InChI is InChI=1S/C13H15F3N2O2/c14-13(15,16)11-5-9(1-2-10(11)12(17)18)20-7-8-3-4-19-6-8/h1-2,5,8H,3-4,6-7H2,(H3,17,18). The molecule has 3 N–H and O–H groups in total. The summed E-state index contributed by atoms with van der Waals surface area (Å²) in [6.45, 7) is 1.54. The number of amidine groups is 1. The molecule has 0 saturated carbocycles. The lowest BCUT2D eigenvalue weighted by molar-refractivity contribution is -0.137. The van der Waals surface area contributed by atoms with E-state index >= 15 is 0 Å². The van der Waals surface area contributed by atoms with Crippen molar-refractivity contribution in [1.29, 1.82) is 5.41 Å². The lowest BCUT2D eigenvalue weighted by Crippen LogP contribution is -2.19. The van der Waals surface area contributed by atoms with Gasteiger partial charge in [0, 0.05) is 18.1 Å². The third-order valence-electron chi connectivity index (χ3n) is 3.10. The molecule has 0 aliphatic carbocycles. The number of rotatable bonds is 4. The number of nitrogens with one attached hydrogen (secondary N) is 1. The number of ether oxygens (including phenoxy) is 2. The summed E-state index contributed by atoms with van der Waals surface area (Å²) in [7, 11) is 0. The summed E-state index contributed by atoms with van der Waals surface area (Å²) in [5, 5.41) is 7.19. The second kappa shape index (κ2) is 5.70. The van der Waals surface area contributed by atoms with Crippen LogP contribution in [0.1, 0.15) is 17.5 Å². The molecule has 2 rings (SSSR count). The van der Waals surface area contributed by atoms with Crippen molar-refractivity contribution in [3.63, 3.8) is 0 Å². The fraction of sp³-hybridized carbons (Fsp3) is 0.462. The molecule has 1 aliphatic heterocycles. The van der Waals surface area contributed by atoms with E-state index in [2.05, 4.69) is 0 Å². The van der Waals surface area contributed by atoms with Crippen molar-refractivity contribution in [2.24, 2.45) is 11.7 Å². The van der Waals surface area contributed by atoms with E-state index in [1.807, 2.05) is 0 Å². The van der Waals surface area contributed by atoms with E-state index in [1.54, 1.807) is 0 Å². The molecule has 1 aliphatic rings. The quantitative estimate of drug-likeness (QED) is 0.660. The molecule has 4 nitrogen and oxygen atoms in total. The molecule has 1 aromatic carbocycles. The molecule has 110 valence electrons. The lowest BCUT2D eigenvalue weighted by atomic mass is 10.1. The maximum absolute atomic E-state index is 12.9. The third kappa shape index (κ3) is 3.41. The van der Waals surface area contributed by atoms with E-state index < -0.39 is 17.6 Å². The molecular weight excluding hydrogens is 273 g/mol. The number of hydrogen-bond donors (Lipinski definition) is 2. The molecule has 1 unspecified atom stereocenters. The molecule has 0 amide bonds. The molecule has 20 heavy (non-hydrogen) atoms. The van der Waals surface area contributed by atoms with Gasteiger partial charge in [0.05, 0.1) is 18.8 Å². The van der Waals surface area contributed by atoms with Gasteiger partial charge in [0.15, 0.2) is 0 Å². The Morgan fingerprint density at radius 1 is 1.45 bits per heavy atom. The van der Waals surface area contributed by atoms with Gasteiger partial charge in [-0.2, -0.15) is 13.2 Å². The van der Waals surface area contributed by atoms with E-state index in [-0.39, 0.29) is 17.2 Å². The van der Waals surface area contributed by atoms with Gasteiger partial charge >= 0.3 is 6.18 Å². The minimum absolute atomic E-state index is 0.120. The monoisotopic (exact) mass is 288 g/mol. The normalized spacial score (nSPS) is 19.1. The number of alkyl halides is 3. The van der Waals surface area contributed by atoms with E-state index in [9.17, 15) is 13.2 Å². The molecule has 1 atom stereocenters. The van der Waals surface area contributed by atoms with Crippen LogP contribution in [0.25, 0.3) is 0 Å². The van der Waals surface area contributed by atoms with E-state index in [0.29, 0.717) is 19.8 Å². The summed E-state index contributed by atoms with van der Waals surface area (Å²) in [4.78, 5) is 0. The molecule has 0 aromatic heterocycles. The van der Waals surface area contributed by atoms with Crippen LogP contribution in [-0.2, 0) is 10.9 Å². The lowest BCUT2D eigenvalue weighted by Gasteiger charge is -2.15. The van der Waals surface area contributed by atoms with Crippen LogP contribution in [0.3, 0.4) is 0 Å². The Kier molecular flexibility index (Phi) is 4.17. The summed E-state index contributed by atoms with van der Waals surface area (Å²) in [6.07, 6.45) is -3.73. The molecular formula is C13H15F3N2O2. The van der Waals surface area contributed by atoms with Crippen LogP contribution >= 0.6 is 0 Å². The van der Waals surface area contributed by atoms with E-state index in [0.717, 1.165) is 18.6 Å². The van der Waals surface area contributed by atoms with E-state index in [1.165, 1.54) is 6.07 Å². The first-order valence-electron chi connectivity index (χ1n) is 6.14. The minimum Gasteiger partial charge on any atom is -0.493 e. The Morgan fingerprint density at radius 3 is 2.75 bits per heavy atom. The smallest absolute Gasteiger partial charge is 0.417 e. The van der Waals surface area contributed by atoms with Crippen molar-refractivity contribution in [2.45, 2.75) is 12.6 Å². The SMILES string of the molecule is N=C(N)c1ccc(OCC2CCOC2)cc1C(F)(F)F. The van der Waals surface area contributed by atoms with Gasteiger partial charge in [-0.1, -0.05) is 0 Å². The molecule has 7 heteroatoms. The van der Waals surface area contributed by atoms with Gasteiger partial charge in [-0.25, -0.2) is 0 Å². The minimum atomic E-state index is -4.57. The van der Waals surface area contributed by atoms with Crippen LogP contribution in [0, 0.1) is 11.3 Å². The highest BCUT2D eigenvalue weighted by Gasteiger charge is 2.34. The Hall–Kier alpha value is -1.76. The predicted molar refractivity (Wildman–Crippen MR) is 66.9 cm³/mol. The zero-order chi connectivity index (χ0) is 14.8. The number of nitrogens with two attached hydrogens (primary N) is 1. The number of benzene rings is 1. The van der Waals surface area contributed by atoms with Crippen LogP contribution in [-0.4, -0.2) is 25.7 Å². The fourth-order valence-corrected chi connectivity index (χ4v) is 2.01. The summed E-state index contributed by atoms with van der Waals surface area (Å²) >= 11 is 0. The van der Waals surface area contributed by atoms with Crippen molar-refractivity contribution in [3.05, 3.63) is 29.3 Å². The van der Waals surface area contributed by atoms with Gasteiger partial charge in [-0.3, -0.25) is 5.41 Å². The average molecular weight is 288 g/mol. The second-order valence-electron chi connectivity index (χ2n) is 4.66. The first kappa shape index (κ1) is 14.6. The Balaban J connectivity index is 2.16. The second-order valence-corrected chi connectivity index (χ2v) is 4.66. The van der Waals surface area contributed by atoms with Crippen molar-refractivity contribution >= 4 is 5.84 Å². The van der Waals surface area contributed by atoms with Gasteiger partial charge in [-0.05, 0) is 24.6 Å². The average Bonchev–Trinajstić information content (AvgIpc) is 2.88. The Morgan fingerprint density at radius 2 is 2.20 bits per heavy atom. The first-order valence-corrected chi connectivity index (χ1v) is 6.14. The topological polar surface area (TPSA) is 68.3 Å². The van der Waals surface area contributed by atoms with Crippen LogP contribution in [0.4, 0.5) is 13.2 Å². The van der Waals surface area contributed by atoms with Crippen molar-refractivity contribution < 1.29 is 22.6 Å². The van der Waals surface area contributed by atoms with Crippen LogP contribution in [0.2, 0.25) is 0 Å². The van der Waals surface area contributed by atoms with Gasteiger partial charge in [0.25, 0.3) is 0 Å². The summed E-state index contributed by atoms with van der Waals surface area (Å²) < 4.78 is 49.2. The number of nitrogen functional groups attached to an aromatic ring is 1. The molecule has 0 bridgehead atoms. The molecule has 0 radical (unpaired) electrons. The van der Waals surface area contributed by atoms with Gasteiger partial charge in [0.2, 0.25) is 0 Å². The first-order chi connectivity index (χ1) is 9.38. The summed E-state index contributed by atoms with van der Waals surface area (Å²) in [5.74, 6) is -0.292. The van der Waals surface area contributed by atoms with Gasteiger partial charge in [0.1, 0.15) is 11.6 Å². The highest BCUT2D eigenvalue weighted by Crippen LogP contribution is 2.34. The third-order valence-corrected chi connectivity index (χ3v) is 3.10. The number of hydrogen-bond acceptors (Lipinski definition) is 3. The molecule has 0 spiro atoms. The van der Waals surface area contributed by atoms with Crippen LogP contribution in [0.5, 0.6) is 5.75 Å². The predicted octanol–water partition coefficient (Wildman–Crippen LogP) is 2.40. The molecule has 1 heterocycles. The zero-order valence-electron chi connectivity index (χ0n) is 10.7. The Labute approximate surface area is 114 Å². The highest BCUT2D eigenvalue weighted by molar-refractivity contribution is 5.96. The summed E-state index contributed by atoms with van der Waals surface area (Å²) in [6, 6.07) is 3.43. The summed E-state index contributed by atoms with van der Waals surface area (Å²) in [5.41, 5.74) is 3.87. The van der Waals surface area contributed by atoms with Gasteiger partial charge in [-0.15, -0.1) is 0 Å².